The molecule has 0 radical (unpaired) electrons. The molecular weight excluding hydrogens is 386 g/mol. The molecule has 1 N–H and O–H groups in total. The molecule has 0 aromatic heterocycles. The second-order valence-electron chi connectivity index (χ2n) is 6.82. The van der Waals surface area contributed by atoms with E-state index in [-0.39, 0.29) is 17.0 Å². The van der Waals surface area contributed by atoms with E-state index in [2.05, 4.69) is 5.32 Å². The lowest BCUT2D eigenvalue weighted by Crippen LogP contribution is -2.33. The quantitative estimate of drug-likeness (QED) is 0.382. The number of anilines is 1. The van der Waals surface area contributed by atoms with Crippen LogP contribution in [-0.2, 0) is 9.59 Å². The summed E-state index contributed by atoms with van der Waals surface area (Å²) in [6.45, 7) is 4.75. The van der Waals surface area contributed by atoms with Crippen LogP contribution in [0.25, 0.3) is 5.57 Å². The molecule has 0 aliphatic carbocycles. The SMILES string of the molecule is CCCOc1cccc(NC2=C(c3ccc([N+](=O)[O-])cc3)C(=O)N(CCC)C2=O)c1. The van der Waals surface area contributed by atoms with Crippen LogP contribution in [0.5, 0.6) is 5.75 Å². The lowest BCUT2D eigenvalue weighted by atomic mass is 10.0. The van der Waals surface area contributed by atoms with Gasteiger partial charge in [-0.15, -0.1) is 0 Å². The first-order valence-electron chi connectivity index (χ1n) is 9.81. The van der Waals surface area contributed by atoms with Crippen molar-refractivity contribution in [2.75, 3.05) is 18.5 Å². The number of nitrogens with one attached hydrogen (secondary N) is 1. The number of nitro groups is 1. The van der Waals surface area contributed by atoms with Gasteiger partial charge in [0.05, 0.1) is 17.1 Å². The van der Waals surface area contributed by atoms with Crippen molar-refractivity contribution in [1.82, 2.24) is 4.90 Å². The van der Waals surface area contributed by atoms with Crippen molar-refractivity contribution in [2.45, 2.75) is 26.7 Å². The Labute approximate surface area is 174 Å². The van der Waals surface area contributed by atoms with E-state index >= 15 is 0 Å². The van der Waals surface area contributed by atoms with E-state index in [0.29, 0.717) is 36.6 Å². The minimum Gasteiger partial charge on any atom is -0.494 e. The van der Waals surface area contributed by atoms with Gasteiger partial charge < -0.3 is 10.1 Å². The molecule has 156 valence electrons. The van der Waals surface area contributed by atoms with Crippen molar-refractivity contribution in [3.63, 3.8) is 0 Å². The Morgan fingerprint density at radius 2 is 1.77 bits per heavy atom. The number of carbonyl (C=O) groups excluding carboxylic acids is 2. The maximum Gasteiger partial charge on any atom is 0.278 e. The molecule has 0 saturated heterocycles. The highest BCUT2D eigenvalue weighted by atomic mass is 16.6. The summed E-state index contributed by atoms with van der Waals surface area (Å²) in [6, 6.07) is 12.8. The molecule has 0 unspecified atom stereocenters. The van der Waals surface area contributed by atoms with Crippen LogP contribution in [0.1, 0.15) is 32.3 Å². The molecule has 0 bridgehead atoms. The average molecular weight is 409 g/mol. The van der Waals surface area contributed by atoms with Crippen LogP contribution in [0, 0.1) is 10.1 Å². The van der Waals surface area contributed by atoms with Crippen LogP contribution in [0.2, 0.25) is 0 Å². The molecule has 2 aromatic carbocycles. The average Bonchev–Trinajstić information content (AvgIpc) is 2.97. The topological polar surface area (TPSA) is 102 Å². The highest BCUT2D eigenvalue weighted by molar-refractivity contribution is 6.36. The Morgan fingerprint density at radius 1 is 1.03 bits per heavy atom. The molecule has 3 rings (SSSR count). The van der Waals surface area contributed by atoms with E-state index in [9.17, 15) is 19.7 Å². The van der Waals surface area contributed by atoms with Gasteiger partial charge >= 0.3 is 0 Å². The number of amides is 2. The highest BCUT2D eigenvalue weighted by Gasteiger charge is 2.38. The third-order valence-corrected chi connectivity index (χ3v) is 4.56. The van der Waals surface area contributed by atoms with Crippen molar-refractivity contribution in [3.05, 3.63) is 69.9 Å². The highest BCUT2D eigenvalue weighted by Crippen LogP contribution is 2.32. The number of hydrogen-bond acceptors (Lipinski definition) is 6. The summed E-state index contributed by atoms with van der Waals surface area (Å²) < 4.78 is 5.63. The summed E-state index contributed by atoms with van der Waals surface area (Å²) in [6.07, 6.45) is 1.49. The maximum atomic E-state index is 13.0. The summed E-state index contributed by atoms with van der Waals surface area (Å²) in [5, 5.41) is 14.0. The zero-order chi connectivity index (χ0) is 21.7. The van der Waals surface area contributed by atoms with Gasteiger partial charge in [0.1, 0.15) is 11.4 Å². The fourth-order valence-electron chi connectivity index (χ4n) is 3.16. The molecular formula is C22H23N3O5. The normalized spacial score (nSPS) is 13.7. The van der Waals surface area contributed by atoms with Gasteiger partial charge in [0, 0.05) is 30.4 Å². The Balaban J connectivity index is 2.00. The van der Waals surface area contributed by atoms with E-state index in [1.165, 1.54) is 29.2 Å². The van der Waals surface area contributed by atoms with Gasteiger partial charge in [0.15, 0.2) is 0 Å². The first kappa shape index (κ1) is 21.0. The fourth-order valence-corrected chi connectivity index (χ4v) is 3.16. The number of nitrogens with zero attached hydrogens (tertiary/aromatic N) is 2. The van der Waals surface area contributed by atoms with E-state index in [1.54, 1.807) is 18.2 Å². The zero-order valence-electron chi connectivity index (χ0n) is 16.9. The minimum atomic E-state index is -0.510. The number of benzene rings is 2. The van der Waals surface area contributed by atoms with Crippen molar-refractivity contribution in [2.24, 2.45) is 0 Å². The Kier molecular flexibility index (Phi) is 6.46. The minimum absolute atomic E-state index is 0.0863. The van der Waals surface area contributed by atoms with Crippen molar-refractivity contribution >= 4 is 28.8 Å². The van der Waals surface area contributed by atoms with Gasteiger partial charge in [-0.05, 0) is 42.7 Å². The molecule has 30 heavy (non-hydrogen) atoms. The number of nitro benzene ring substituents is 1. The monoisotopic (exact) mass is 409 g/mol. The second kappa shape index (κ2) is 9.21. The Morgan fingerprint density at radius 3 is 2.40 bits per heavy atom. The van der Waals surface area contributed by atoms with E-state index in [0.717, 1.165) is 6.42 Å². The smallest absolute Gasteiger partial charge is 0.278 e. The van der Waals surface area contributed by atoms with E-state index in [4.69, 9.17) is 4.74 Å². The van der Waals surface area contributed by atoms with Crippen LogP contribution in [-0.4, -0.2) is 34.8 Å². The third kappa shape index (κ3) is 4.32. The standard InChI is InChI=1S/C22H23N3O5/c1-3-12-24-21(26)19(15-8-10-17(11-9-15)25(28)29)20(22(24)27)23-16-6-5-7-18(14-16)30-13-4-2/h5-11,14,23H,3-4,12-13H2,1-2H3. The van der Waals surface area contributed by atoms with E-state index < -0.39 is 16.7 Å². The van der Waals surface area contributed by atoms with Crippen LogP contribution < -0.4 is 10.1 Å². The maximum absolute atomic E-state index is 13.0. The molecule has 2 amide bonds. The summed E-state index contributed by atoms with van der Waals surface area (Å²) in [5.74, 6) is -0.187. The van der Waals surface area contributed by atoms with Gasteiger partial charge in [0.25, 0.3) is 17.5 Å². The predicted molar refractivity (Wildman–Crippen MR) is 113 cm³/mol. The van der Waals surface area contributed by atoms with Gasteiger partial charge in [0.2, 0.25) is 0 Å². The van der Waals surface area contributed by atoms with E-state index in [1.807, 2.05) is 19.9 Å². The fraction of sp³-hybridized carbons (Fsp3) is 0.273. The van der Waals surface area contributed by atoms with Gasteiger partial charge in [-0.2, -0.15) is 0 Å². The zero-order valence-corrected chi connectivity index (χ0v) is 16.9. The molecule has 0 spiro atoms. The number of rotatable bonds is 9. The number of non-ortho nitro benzene ring substituents is 1. The second-order valence-corrected chi connectivity index (χ2v) is 6.82. The van der Waals surface area contributed by atoms with Crippen molar-refractivity contribution in [1.29, 1.82) is 0 Å². The van der Waals surface area contributed by atoms with Gasteiger partial charge in [-0.3, -0.25) is 24.6 Å². The van der Waals surface area contributed by atoms with Gasteiger partial charge in [-0.1, -0.05) is 19.9 Å². The summed E-state index contributed by atoms with van der Waals surface area (Å²) in [7, 11) is 0. The third-order valence-electron chi connectivity index (χ3n) is 4.56. The molecule has 0 fully saturated rings. The molecule has 1 aliphatic rings. The number of imide groups is 1. The first-order chi connectivity index (χ1) is 14.5. The lowest BCUT2D eigenvalue weighted by molar-refractivity contribution is -0.384. The molecule has 2 aromatic rings. The number of ether oxygens (including phenoxy) is 1. The molecule has 1 aliphatic heterocycles. The van der Waals surface area contributed by atoms with Crippen LogP contribution in [0.15, 0.2) is 54.2 Å². The van der Waals surface area contributed by atoms with Crippen LogP contribution >= 0.6 is 0 Å². The Hall–Kier alpha value is -3.68. The predicted octanol–water partition coefficient (Wildman–Crippen LogP) is 3.99. The van der Waals surface area contributed by atoms with Crippen LogP contribution in [0.3, 0.4) is 0 Å². The van der Waals surface area contributed by atoms with Crippen molar-refractivity contribution < 1.29 is 19.2 Å². The largest absolute Gasteiger partial charge is 0.494 e. The number of hydrogen-bond donors (Lipinski definition) is 1. The number of carbonyl (C=O) groups is 2. The first-order valence-corrected chi connectivity index (χ1v) is 9.81. The van der Waals surface area contributed by atoms with Crippen LogP contribution in [0.4, 0.5) is 11.4 Å². The molecule has 0 saturated carbocycles. The summed E-state index contributed by atoms with van der Waals surface area (Å²) in [5.41, 5.74) is 1.31. The Bertz CT molecular complexity index is 998. The molecule has 8 nitrogen and oxygen atoms in total. The summed E-state index contributed by atoms with van der Waals surface area (Å²) in [4.78, 5) is 37.6. The lowest BCUT2D eigenvalue weighted by Gasteiger charge is -2.14. The molecule has 0 atom stereocenters. The molecule has 8 heteroatoms. The molecule has 1 heterocycles. The van der Waals surface area contributed by atoms with Crippen molar-refractivity contribution in [3.8, 4) is 5.75 Å². The summed E-state index contributed by atoms with van der Waals surface area (Å²) >= 11 is 0. The van der Waals surface area contributed by atoms with Gasteiger partial charge in [-0.25, -0.2) is 0 Å².